The van der Waals surface area contributed by atoms with E-state index in [0.717, 1.165) is 55.6 Å². The van der Waals surface area contributed by atoms with E-state index in [-0.39, 0.29) is 5.91 Å². The summed E-state index contributed by atoms with van der Waals surface area (Å²) in [5.74, 6) is 1.22. The molecule has 2 aromatic rings. The van der Waals surface area contributed by atoms with Gasteiger partial charge in [0, 0.05) is 24.2 Å². The third-order valence-electron chi connectivity index (χ3n) is 4.35. The van der Waals surface area contributed by atoms with E-state index in [9.17, 15) is 4.79 Å². The molecule has 1 aromatic carbocycles. The number of halogens is 1. The molecule has 0 radical (unpaired) electrons. The van der Waals surface area contributed by atoms with E-state index < -0.39 is 0 Å². The van der Waals surface area contributed by atoms with Crippen LogP contribution in [-0.4, -0.2) is 45.6 Å². The van der Waals surface area contributed by atoms with E-state index in [4.69, 9.17) is 11.6 Å². The van der Waals surface area contributed by atoms with Crippen LogP contribution in [0.15, 0.2) is 29.4 Å². The van der Waals surface area contributed by atoms with Crippen molar-refractivity contribution in [2.75, 3.05) is 23.7 Å². The first-order valence-electron chi connectivity index (χ1n) is 8.59. The predicted molar refractivity (Wildman–Crippen MR) is 99.7 cm³/mol. The molecule has 8 heteroatoms. The Labute approximate surface area is 155 Å². The van der Waals surface area contributed by atoms with E-state index in [2.05, 4.69) is 20.4 Å². The molecule has 0 atom stereocenters. The first kappa shape index (κ1) is 16.7. The quantitative estimate of drug-likeness (QED) is 0.784. The van der Waals surface area contributed by atoms with E-state index in [1.165, 1.54) is 11.8 Å². The van der Waals surface area contributed by atoms with Crippen molar-refractivity contribution in [3.8, 4) is 5.69 Å². The molecule has 1 aliphatic carbocycles. The number of carbonyl (C=O) groups excluding carboxylic acids is 1. The van der Waals surface area contributed by atoms with Crippen LogP contribution in [0.4, 0.5) is 5.95 Å². The molecule has 25 heavy (non-hydrogen) atoms. The molecule has 0 unspecified atom stereocenters. The van der Waals surface area contributed by atoms with Crippen molar-refractivity contribution in [1.29, 1.82) is 0 Å². The SMILES string of the molecule is O=C(CSc1nnc(N2CCCC2)n1-c1cccc(Cl)c1)NC1CC1. The van der Waals surface area contributed by atoms with Gasteiger partial charge in [0.05, 0.1) is 11.4 Å². The van der Waals surface area contributed by atoms with Gasteiger partial charge in [-0.2, -0.15) is 0 Å². The van der Waals surface area contributed by atoms with Crippen LogP contribution in [0.2, 0.25) is 5.02 Å². The standard InChI is InChI=1S/C17H20ClN5OS/c18-12-4-3-5-14(10-12)23-16(22-8-1-2-9-22)20-21-17(23)25-11-15(24)19-13-6-7-13/h3-5,10,13H,1-2,6-9,11H2,(H,19,24). The predicted octanol–water partition coefficient (Wildman–Crippen LogP) is 2.89. The van der Waals surface area contributed by atoms with E-state index in [1.807, 2.05) is 28.8 Å². The molecule has 1 aromatic heterocycles. The van der Waals surface area contributed by atoms with Crippen molar-refractivity contribution in [2.24, 2.45) is 0 Å². The van der Waals surface area contributed by atoms with E-state index in [0.29, 0.717) is 16.8 Å². The average Bonchev–Trinajstić information content (AvgIpc) is 3.11. The summed E-state index contributed by atoms with van der Waals surface area (Å²) in [7, 11) is 0. The Morgan fingerprint density at radius 1 is 1.28 bits per heavy atom. The summed E-state index contributed by atoms with van der Waals surface area (Å²) in [6.07, 6.45) is 4.51. The van der Waals surface area contributed by atoms with E-state index >= 15 is 0 Å². The van der Waals surface area contributed by atoms with Gasteiger partial charge in [0.25, 0.3) is 0 Å². The van der Waals surface area contributed by atoms with Gasteiger partial charge in [-0.3, -0.25) is 9.36 Å². The third kappa shape index (κ3) is 3.93. The smallest absolute Gasteiger partial charge is 0.232 e. The summed E-state index contributed by atoms with van der Waals surface area (Å²) in [5, 5.41) is 13.1. The molecule has 1 N–H and O–H groups in total. The van der Waals surface area contributed by atoms with Crippen LogP contribution in [0.25, 0.3) is 5.69 Å². The Morgan fingerprint density at radius 3 is 2.80 bits per heavy atom. The number of hydrogen-bond acceptors (Lipinski definition) is 5. The summed E-state index contributed by atoms with van der Waals surface area (Å²) in [5.41, 5.74) is 0.921. The zero-order valence-corrected chi connectivity index (χ0v) is 15.4. The Hall–Kier alpha value is -1.73. The zero-order chi connectivity index (χ0) is 17.2. The highest BCUT2D eigenvalue weighted by Gasteiger charge is 2.25. The van der Waals surface area contributed by atoms with Gasteiger partial charge in [-0.1, -0.05) is 29.4 Å². The van der Waals surface area contributed by atoms with Gasteiger partial charge in [-0.15, -0.1) is 10.2 Å². The van der Waals surface area contributed by atoms with Gasteiger partial charge in [-0.25, -0.2) is 0 Å². The summed E-state index contributed by atoms with van der Waals surface area (Å²) < 4.78 is 2.01. The van der Waals surface area contributed by atoms with Crippen molar-refractivity contribution >= 4 is 35.2 Å². The summed E-state index contributed by atoms with van der Waals surface area (Å²) in [6.45, 7) is 1.96. The number of amides is 1. The van der Waals surface area contributed by atoms with Crippen LogP contribution in [0.3, 0.4) is 0 Å². The Morgan fingerprint density at radius 2 is 2.08 bits per heavy atom. The molecule has 6 nitrogen and oxygen atoms in total. The minimum Gasteiger partial charge on any atom is -0.353 e. The minimum atomic E-state index is 0.0517. The van der Waals surface area contributed by atoms with Crippen LogP contribution >= 0.6 is 23.4 Å². The van der Waals surface area contributed by atoms with Crippen molar-refractivity contribution < 1.29 is 4.79 Å². The molecular formula is C17H20ClN5OS. The first-order valence-corrected chi connectivity index (χ1v) is 9.95. The fourth-order valence-electron chi connectivity index (χ4n) is 2.95. The fourth-order valence-corrected chi connectivity index (χ4v) is 3.89. The lowest BCUT2D eigenvalue weighted by Crippen LogP contribution is -2.27. The molecule has 0 spiro atoms. The van der Waals surface area contributed by atoms with Gasteiger partial charge in [0.1, 0.15) is 0 Å². The number of thioether (sulfide) groups is 1. The van der Waals surface area contributed by atoms with Gasteiger partial charge in [0.2, 0.25) is 11.9 Å². The van der Waals surface area contributed by atoms with Crippen LogP contribution in [0, 0.1) is 0 Å². The van der Waals surface area contributed by atoms with Gasteiger partial charge >= 0.3 is 0 Å². The van der Waals surface area contributed by atoms with Gasteiger partial charge in [0.15, 0.2) is 5.16 Å². The molecule has 4 rings (SSSR count). The number of anilines is 1. The van der Waals surface area contributed by atoms with Crippen molar-refractivity contribution in [3.05, 3.63) is 29.3 Å². The second-order valence-electron chi connectivity index (χ2n) is 6.42. The highest BCUT2D eigenvalue weighted by molar-refractivity contribution is 7.99. The number of rotatable bonds is 6. The molecule has 2 aliphatic rings. The van der Waals surface area contributed by atoms with Crippen LogP contribution in [0.5, 0.6) is 0 Å². The topological polar surface area (TPSA) is 63.1 Å². The van der Waals surface area contributed by atoms with E-state index in [1.54, 1.807) is 0 Å². The number of nitrogens with zero attached hydrogens (tertiary/aromatic N) is 4. The van der Waals surface area contributed by atoms with Crippen LogP contribution < -0.4 is 10.2 Å². The minimum absolute atomic E-state index is 0.0517. The lowest BCUT2D eigenvalue weighted by Gasteiger charge is -2.18. The van der Waals surface area contributed by atoms with Crippen LogP contribution in [-0.2, 0) is 4.79 Å². The maximum absolute atomic E-state index is 12.0. The van der Waals surface area contributed by atoms with Crippen LogP contribution in [0.1, 0.15) is 25.7 Å². The molecule has 1 saturated heterocycles. The molecule has 1 amide bonds. The maximum atomic E-state index is 12.0. The Balaban J connectivity index is 1.60. The second-order valence-corrected chi connectivity index (χ2v) is 7.80. The Kier molecular flexibility index (Phi) is 4.85. The molecule has 2 fully saturated rings. The normalized spacial score (nSPS) is 17.1. The lowest BCUT2D eigenvalue weighted by molar-refractivity contribution is -0.118. The largest absolute Gasteiger partial charge is 0.353 e. The molecule has 1 saturated carbocycles. The number of aromatic nitrogens is 3. The highest BCUT2D eigenvalue weighted by Crippen LogP contribution is 2.29. The summed E-state index contributed by atoms with van der Waals surface area (Å²) in [4.78, 5) is 14.2. The summed E-state index contributed by atoms with van der Waals surface area (Å²) >= 11 is 7.59. The number of benzene rings is 1. The summed E-state index contributed by atoms with van der Waals surface area (Å²) in [6, 6.07) is 8.03. The molecule has 132 valence electrons. The highest BCUT2D eigenvalue weighted by atomic mass is 35.5. The zero-order valence-electron chi connectivity index (χ0n) is 13.8. The van der Waals surface area contributed by atoms with Gasteiger partial charge in [-0.05, 0) is 43.9 Å². The molecule has 2 heterocycles. The first-order chi connectivity index (χ1) is 12.2. The van der Waals surface area contributed by atoms with Gasteiger partial charge < -0.3 is 10.2 Å². The molecule has 1 aliphatic heterocycles. The fraction of sp³-hybridized carbons (Fsp3) is 0.471. The van der Waals surface area contributed by atoms with Crippen molar-refractivity contribution in [1.82, 2.24) is 20.1 Å². The number of nitrogens with one attached hydrogen (secondary N) is 1. The molecular weight excluding hydrogens is 358 g/mol. The Bertz CT molecular complexity index is 770. The molecule has 0 bridgehead atoms. The monoisotopic (exact) mass is 377 g/mol. The lowest BCUT2D eigenvalue weighted by atomic mass is 10.3. The number of hydrogen-bond donors (Lipinski definition) is 1. The average molecular weight is 378 g/mol. The second kappa shape index (κ2) is 7.25. The van der Waals surface area contributed by atoms with Crippen molar-refractivity contribution in [2.45, 2.75) is 36.9 Å². The maximum Gasteiger partial charge on any atom is 0.232 e. The third-order valence-corrected chi connectivity index (χ3v) is 5.51. The van der Waals surface area contributed by atoms with Crippen molar-refractivity contribution in [3.63, 3.8) is 0 Å². The number of carbonyl (C=O) groups is 1.